The number of amides is 1. The van der Waals surface area contributed by atoms with Crippen LogP contribution in [0.1, 0.15) is 24.3 Å². The summed E-state index contributed by atoms with van der Waals surface area (Å²) in [7, 11) is 0. The van der Waals surface area contributed by atoms with Crippen molar-refractivity contribution in [3.63, 3.8) is 0 Å². The molecular weight excluding hydrogens is 383 g/mol. The number of likely N-dealkylation sites (tertiary alicyclic amines) is 1. The van der Waals surface area contributed by atoms with Crippen molar-refractivity contribution in [2.24, 2.45) is 5.92 Å². The highest BCUT2D eigenvalue weighted by atomic mass is 19.1. The molecular formula is C23H25FN4O2. The molecule has 1 saturated heterocycles. The topological polar surface area (TPSA) is 71.3 Å². The summed E-state index contributed by atoms with van der Waals surface area (Å²) < 4.78 is 18.4. The summed E-state index contributed by atoms with van der Waals surface area (Å²) >= 11 is 0. The standard InChI is InChI=1S/C23H25FN4O2/c24-20-10-8-18(9-11-20)22-26-21(30-27-22)16-28-14-4-7-19(15-28)23(29)25-13-12-17-5-2-1-3-6-17/h1-3,5-6,8-11,19H,4,7,12-16H2,(H,25,29). The molecule has 6 nitrogen and oxygen atoms in total. The summed E-state index contributed by atoms with van der Waals surface area (Å²) in [4.78, 5) is 19.2. The minimum Gasteiger partial charge on any atom is -0.355 e. The third kappa shape index (κ3) is 5.30. The van der Waals surface area contributed by atoms with Gasteiger partial charge in [0, 0.05) is 18.7 Å². The van der Waals surface area contributed by atoms with E-state index in [-0.39, 0.29) is 17.6 Å². The van der Waals surface area contributed by atoms with Crippen LogP contribution in [0.2, 0.25) is 0 Å². The first-order valence-electron chi connectivity index (χ1n) is 10.3. The van der Waals surface area contributed by atoms with Crippen LogP contribution in [-0.2, 0) is 17.8 Å². The first-order chi connectivity index (χ1) is 14.7. The molecule has 0 radical (unpaired) electrons. The third-order valence-electron chi connectivity index (χ3n) is 5.36. The van der Waals surface area contributed by atoms with Crippen molar-refractivity contribution in [3.8, 4) is 11.4 Å². The first-order valence-corrected chi connectivity index (χ1v) is 10.3. The van der Waals surface area contributed by atoms with Crippen LogP contribution < -0.4 is 5.32 Å². The second-order valence-corrected chi connectivity index (χ2v) is 7.62. The molecule has 1 unspecified atom stereocenters. The number of carbonyl (C=O) groups is 1. The molecule has 7 heteroatoms. The van der Waals surface area contributed by atoms with Crippen LogP contribution in [0.4, 0.5) is 4.39 Å². The number of piperidine rings is 1. The van der Waals surface area contributed by atoms with Crippen LogP contribution in [0, 0.1) is 11.7 Å². The summed E-state index contributed by atoms with van der Waals surface area (Å²) in [6.07, 6.45) is 2.67. The molecule has 0 bridgehead atoms. The van der Waals surface area contributed by atoms with E-state index in [2.05, 4.69) is 32.5 Å². The van der Waals surface area contributed by atoms with Gasteiger partial charge in [-0.15, -0.1) is 0 Å². The Kier molecular flexibility index (Phi) is 6.49. The summed E-state index contributed by atoms with van der Waals surface area (Å²) in [6, 6.07) is 16.1. The van der Waals surface area contributed by atoms with Gasteiger partial charge in [0.25, 0.3) is 0 Å². The zero-order valence-electron chi connectivity index (χ0n) is 16.8. The molecule has 0 spiro atoms. The molecule has 1 fully saturated rings. The zero-order valence-corrected chi connectivity index (χ0v) is 16.8. The van der Waals surface area contributed by atoms with Gasteiger partial charge in [-0.05, 0) is 55.6 Å². The largest absolute Gasteiger partial charge is 0.355 e. The average molecular weight is 408 g/mol. The number of aromatic nitrogens is 2. The predicted octanol–water partition coefficient (Wildman–Crippen LogP) is 3.45. The van der Waals surface area contributed by atoms with Gasteiger partial charge in [0.05, 0.1) is 12.5 Å². The first kappa shape index (κ1) is 20.2. The van der Waals surface area contributed by atoms with Crippen LogP contribution in [0.15, 0.2) is 59.1 Å². The molecule has 156 valence electrons. The molecule has 30 heavy (non-hydrogen) atoms. The molecule has 1 aliphatic heterocycles. The fraction of sp³-hybridized carbons (Fsp3) is 0.348. The highest BCUT2D eigenvalue weighted by Crippen LogP contribution is 2.20. The molecule has 2 heterocycles. The number of nitrogens with one attached hydrogen (secondary N) is 1. The fourth-order valence-electron chi connectivity index (χ4n) is 3.76. The highest BCUT2D eigenvalue weighted by molar-refractivity contribution is 5.79. The minimum absolute atomic E-state index is 0.0333. The molecule has 1 amide bonds. The van der Waals surface area contributed by atoms with Gasteiger partial charge in [0.15, 0.2) is 0 Å². The van der Waals surface area contributed by atoms with Crippen LogP contribution in [0.5, 0.6) is 0 Å². The molecule has 1 N–H and O–H groups in total. The summed E-state index contributed by atoms with van der Waals surface area (Å²) in [6.45, 7) is 2.71. The lowest BCUT2D eigenvalue weighted by atomic mass is 9.97. The lowest BCUT2D eigenvalue weighted by Crippen LogP contribution is -2.43. The van der Waals surface area contributed by atoms with Gasteiger partial charge in [-0.1, -0.05) is 35.5 Å². The lowest BCUT2D eigenvalue weighted by molar-refractivity contribution is -0.126. The second kappa shape index (κ2) is 9.63. The Morgan fingerprint density at radius 2 is 1.97 bits per heavy atom. The maximum Gasteiger partial charge on any atom is 0.241 e. The van der Waals surface area contributed by atoms with E-state index in [1.165, 1.54) is 17.7 Å². The molecule has 0 aliphatic carbocycles. The number of benzene rings is 2. The van der Waals surface area contributed by atoms with Crippen LogP contribution in [0.25, 0.3) is 11.4 Å². The molecule has 2 aromatic carbocycles. The van der Waals surface area contributed by atoms with E-state index in [0.29, 0.717) is 36.9 Å². The van der Waals surface area contributed by atoms with Crippen LogP contribution >= 0.6 is 0 Å². The van der Waals surface area contributed by atoms with E-state index in [4.69, 9.17) is 4.52 Å². The smallest absolute Gasteiger partial charge is 0.241 e. The van der Waals surface area contributed by atoms with Crippen molar-refractivity contribution in [2.75, 3.05) is 19.6 Å². The summed E-state index contributed by atoms with van der Waals surface area (Å²) in [5.74, 6) is 0.711. The molecule has 1 atom stereocenters. The molecule has 4 rings (SSSR count). The van der Waals surface area contributed by atoms with Crippen molar-refractivity contribution in [2.45, 2.75) is 25.8 Å². The third-order valence-corrected chi connectivity index (χ3v) is 5.36. The number of hydrogen-bond donors (Lipinski definition) is 1. The number of hydrogen-bond acceptors (Lipinski definition) is 5. The van der Waals surface area contributed by atoms with Gasteiger partial charge in [-0.2, -0.15) is 4.98 Å². The highest BCUT2D eigenvalue weighted by Gasteiger charge is 2.26. The molecule has 1 aliphatic rings. The Bertz CT molecular complexity index is 959. The minimum atomic E-state index is -0.302. The fourth-order valence-corrected chi connectivity index (χ4v) is 3.76. The summed E-state index contributed by atoms with van der Waals surface area (Å²) in [5.41, 5.74) is 1.93. The van der Waals surface area contributed by atoms with Crippen molar-refractivity contribution in [1.82, 2.24) is 20.4 Å². The van der Waals surface area contributed by atoms with Crippen molar-refractivity contribution >= 4 is 5.91 Å². The lowest BCUT2D eigenvalue weighted by Gasteiger charge is -2.30. The van der Waals surface area contributed by atoms with E-state index >= 15 is 0 Å². The van der Waals surface area contributed by atoms with Crippen molar-refractivity contribution < 1.29 is 13.7 Å². The van der Waals surface area contributed by atoms with Gasteiger partial charge in [0.1, 0.15) is 5.82 Å². The average Bonchev–Trinajstić information content (AvgIpc) is 3.23. The Hall–Kier alpha value is -3.06. The van der Waals surface area contributed by atoms with Crippen molar-refractivity contribution in [3.05, 3.63) is 71.9 Å². The maximum atomic E-state index is 13.1. The monoisotopic (exact) mass is 408 g/mol. The summed E-state index contributed by atoms with van der Waals surface area (Å²) in [5, 5.41) is 7.06. The van der Waals surface area contributed by atoms with E-state index in [1.807, 2.05) is 18.2 Å². The van der Waals surface area contributed by atoms with Gasteiger partial charge < -0.3 is 9.84 Å². The quantitative estimate of drug-likeness (QED) is 0.648. The number of nitrogens with zero attached hydrogens (tertiary/aromatic N) is 3. The number of halogens is 1. The Labute approximate surface area is 175 Å². The number of carbonyl (C=O) groups excluding carboxylic acids is 1. The van der Waals surface area contributed by atoms with Crippen molar-refractivity contribution in [1.29, 1.82) is 0 Å². The molecule has 0 saturated carbocycles. The zero-order chi connectivity index (χ0) is 20.8. The van der Waals surface area contributed by atoms with Gasteiger partial charge in [-0.3, -0.25) is 9.69 Å². The predicted molar refractivity (Wildman–Crippen MR) is 111 cm³/mol. The molecule has 3 aromatic rings. The van der Waals surface area contributed by atoms with Gasteiger partial charge >= 0.3 is 0 Å². The van der Waals surface area contributed by atoms with Crippen LogP contribution in [-0.4, -0.2) is 40.6 Å². The van der Waals surface area contributed by atoms with Gasteiger partial charge in [-0.25, -0.2) is 4.39 Å². The Morgan fingerprint density at radius 3 is 2.77 bits per heavy atom. The Balaban J connectivity index is 1.27. The SMILES string of the molecule is O=C(NCCc1ccccc1)C1CCCN(Cc2nc(-c3ccc(F)cc3)no2)C1. The van der Waals surface area contributed by atoms with E-state index < -0.39 is 0 Å². The van der Waals surface area contributed by atoms with E-state index in [9.17, 15) is 9.18 Å². The number of rotatable bonds is 7. The van der Waals surface area contributed by atoms with Crippen LogP contribution in [0.3, 0.4) is 0 Å². The van der Waals surface area contributed by atoms with E-state index in [0.717, 1.165) is 25.8 Å². The van der Waals surface area contributed by atoms with E-state index in [1.54, 1.807) is 12.1 Å². The second-order valence-electron chi connectivity index (χ2n) is 7.62. The normalized spacial score (nSPS) is 17.0. The maximum absolute atomic E-state index is 13.1. The van der Waals surface area contributed by atoms with Gasteiger partial charge in [0.2, 0.25) is 17.6 Å². The molecule has 1 aromatic heterocycles. The Morgan fingerprint density at radius 1 is 1.17 bits per heavy atom.